The second-order valence-electron chi connectivity index (χ2n) is 4.51. The summed E-state index contributed by atoms with van der Waals surface area (Å²) in [4.78, 5) is 0. The summed E-state index contributed by atoms with van der Waals surface area (Å²) < 4.78 is 0. The van der Waals surface area contributed by atoms with E-state index in [0.29, 0.717) is 23.8 Å². The normalized spacial score (nSPS) is 26.2. The molecule has 0 aromatic heterocycles. The average Bonchev–Trinajstić information content (AvgIpc) is 1.86. The molecule has 1 aliphatic carbocycles. The Morgan fingerprint density at radius 3 is 2.36 bits per heavy atom. The van der Waals surface area contributed by atoms with E-state index >= 15 is 0 Å². The Bertz CT molecular complexity index is 122. The lowest BCUT2D eigenvalue weighted by atomic mass is 9.60. The molecule has 11 heavy (non-hydrogen) atoms. The molecule has 0 spiro atoms. The Kier molecular flexibility index (Phi) is 2.55. The topological polar surface area (TPSA) is 46.2 Å². The Balaban J connectivity index is 2.30. The number of rotatable bonds is 3. The molecule has 1 atom stereocenters. The Labute approximate surface area is 68.8 Å². The minimum absolute atomic E-state index is 0.261. The zero-order valence-electron chi connectivity index (χ0n) is 7.51. The molecule has 1 aliphatic rings. The summed E-state index contributed by atoms with van der Waals surface area (Å²) in [6.45, 7) is 5.44. The lowest BCUT2D eigenvalue weighted by Crippen LogP contribution is -2.40. The summed E-state index contributed by atoms with van der Waals surface area (Å²) in [5.41, 5.74) is 6.03. The highest BCUT2D eigenvalue weighted by molar-refractivity contribution is 4.90. The van der Waals surface area contributed by atoms with E-state index in [4.69, 9.17) is 10.8 Å². The van der Waals surface area contributed by atoms with E-state index in [1.807, 2.05) is 0 Å². The van der Waals surface area contributed by atoms with Crippen LogP contribution in [0.4, 0.5) is 0 Å². The van der Waals surface area contributed by atoms with E-state index in [1.54, 1.807) is 0 Å². The van der Waals surface area contributed by atoms with Gasteiger partial charge in [0.05, 0.1) is 0 Å². The molecule has 0 aromatic carbocycles. The van der Waals surface area contributed by atoms with Gasteiger partial charge in [0.1, 0.15) is 0 Å². The lowest BCUT2D eigenvalue weighted by molar-refractivity contribution is 0.0278. The van der Waals surface area contributed by atoms with Crippen molar-refractivity contribution in [2.75, 3.05) is 13.2 Å². The summed E-state index contributed by atoms with van der Waals surface area (Å²) >= 11 is 0. The van der Waals surface area contributed by atoms with Gasteiger partial charge in [0.25, 0.3) is 0 Å². The van der Waals surface area contributed by atoms with Crippen molar-refractivity contribution in [2.24, 2.45) is 23.0 Å². The molecule has 0 aromatic rings. The van der Waals surface area contributed by atoms with Crippen LogP contribution in [0.2, 0.25) is 0 Å². The zero-order valence-corrected chi connectivity index (χ0v) is 7.51. The van der Waals surface area contributed by atoms with Crippen molar-refractivity contribution >= 4 is 0 Å². The van der Waals surface area contributed by atoms with Gasteiger partial charge in [-0.1, -0.05) is 13.8 Å². The van der Waals surface area contributed by atoms with Gasteiger partial charge >= 0.3 is 0 Å². The minimum Gasteiger partial charge on any atom is -0.396 e. The lowest BCUT2D eigenvalue weighted by Gasteiger charge is -2.46. The molecule has 0 radical (unpaired) electrons. The van der Waals surface area contributed by atoms with Crippen LogP contribution >= 0.6 is 0 Å². The number of nitrogens with two attached hydrogens (primary N) is 1. The fourth-order valence-corrected chi connectivity index (χ4v) is 2.11. The second kappa shape index (κ2) is 3.11. The molecule has 2 heteroatoms. The Morgan fingerprint density at radius 2 is 2.09 bits per heavy atom. The molecule has 1 rings (SSSR count). The van der Waals surface area contributed by atoms with Gasteiger partial charge in [-0.2, -0.15) is 0 Å². The standard InChI is InChI=1S/C9H19NO/c1-9(2)3-7(4-9)8(5-10)6-11/h7-8,11H,3-6,10H2,1-2H3. The van der Waals surface area contributed by atoms with Crippen LogP contribution < -0.4 is 5.73 Å². The summed E-state index contributed by atoms with van der Waals surface area (Å²) in [5, 5.41) is 8.95. The molecule has 0 bridgehead atoms. The maximum atomic E-state index is 8.95. The summed E-state index contributed by atoms with van der Waals surface area (Å²) in [7, 11) is 0. The third-order valence-corrected chi connectivity index (χ3v) is 2.83. The van der Waals surface area contributed by atoms with Crippen molar-refractivity contribution in [3.63, 3.8) is 0 Å². The molecule has 0 heterocycles. The molecule has 1 saturated carbocycles. The summed E-state index contributed by atoms with van der Waals surface area (Å²) in [6.07, 6.45) is 2.46. The molecule has 2 nitrogen and oxygen atoms in total. The zero-order chi connectivity index (χ0) is 8.48. The number of aliphatic hydroxyl groups is 1. The quantitative estimate of drug-likeness (QED) is 0.641. The predicted octanol–water partition coefficient (Wildman–Crippen LogP) is 0.990. The van der Waals surface area contributed by atoms with E-state index in [0.717, 1.165) is 0 Å². The van der Waals surface area contributed by atoms with Gasteiger partial charge in [0, 0.05) is 6.61 Å². The highest BCUT2D eigenvalue weighted by Crippen LogP contribution is 2.47. The average molecular weight is 157 g/mol. The largest absolute Gasteiger partial charge is 0.396 e. The maximum absolute atomic E-state index is 8.95. The van der Waals surface area contributed by atoms with Crippen LogP contribution in [0.25, 0.3) is 0 Å². The molecule has 1 unspecified atom stereocenters. The van der Waals surface area contributed by atoms with E-state index in [-0.39, 0.29) is 6.61 Å². The van der Waals surface area contributed by atoms with E-state index < -0.39 is 0 Å². The highest BCUT2D eigenvalue weighted by Gasteiger charge is 2.39. The van der Waals surface area contributed by atoms with Crippen LogP contribution in [0.5, 0.6) is 0 Å². The van der Waals surface area contributed by atoms with Gasteiger partial charge in [-0.3, -0.25) is 0 Å². The summed E-state index contributed by atoms with van der Waals surface area (Å²) in [5.74, 6) is 1.03. The van der Waals surface area contributed by atoms with Crippen molar-refractivity contribution in [2.45, 2.75) is 26.7 Å². The first-order valence-corrected chi connectivity index (χ1v) is 4.40. The summed E-state index contributed by atoms with van der Waals surface area (Å²) in [6, 6.07) is 0. The first-order chi connectivity index (χ1) is 5.09. The van der Waals surface area contributed by atoms with Crippen molar-refractivity contribution < 1.29 is 5.11 Å². The van der Waals surface area contributed by atoms with Crippen LogP contribution in [-0.2, 0) is 0 Å². The third kappa shape index (κ3) is 1.94. The smallest absolute Gasteiger partial charge is 0.0473 e. The van der Waals surface area contributed by atoms with Crippen molar-refractivity contribution in [3.8, 4) is 0 Å². The van der Waals surface area contributed by atoms with Crippen LogP contribution in [0.3, 0.4) is 0 Å². The van der Waals surface area contributed by atoms with Gasteiger partial charge in [0.15, 0.2) is 0 Å². The van der Waals surface area contributed by atoms with Gasteiger partial charge in [-0.05, 0) is 36.6 Å². The molecule has 3 N–H and O–H groups in total. The fraction of sp³-hybridized carbons (Fsp3) is 1.00. The number of hydrogen-bond donors (Lipinski definition) is 2. The Morgan fingerprint density at radius 1 is 1.55 bits per heavy atom. The minimum atomic E-state index is 0.261. The van der Waals surface area contributed by atoms with Crippen LogP contribution in [-0.4, -0.2) is 18.3 Å². The van der Waals surface area contributed by atoms with Gasteiger partial charge in [-0.15, -0.1) is 0 Å². The van der Waals surface area contributed by atoms with Gasteiger partial charge in [-0.25, -0.2) is 0 Å². The van der Waals surface area contributed by atoms with Crippen molar-refractivity contribution in [3.05, 3.63) is 0 Å². The molecule has 0 amide bonds. The van der Waals surface area contributed by atoms with E-state index in [9.17, 15) is 0 Å². The van der Waals surface area contributed by atoms with Crippen LogP contribution in [0.1, 0.15) is 26.7 Å². The van der Waals surface area contributed by atoms with Crippen molar-refractivity contribution in [1.29, 1.82) is 0 Å². The molecular weight excluding hydrogens is 138 g/mol. The van der Waals surface area contributed by atoms with Crippen LogP contribution in [0, 0.1) is 17.3 Å². The molecule has 0 saturated heterocycles. The van der Waals surface area contributed by atoms with E-state index in [1.165, 1.54) is 12.8 Å². The molecule has 1 fully saturated rings. The SMILES string of the molecule is CC1(C)CC(C(CN)CO)C1. The van der Waals surface area contributed by atoms with E-state index in [2.05, 4.69) is 13.8 Å². The monoisotopic (exact) mass is 157 g/mol. The molecule has 66 valence electrons. The van der Waals surface area contributed by atoms with Crippen LogP contribution in [0.15, 0.2) is 0 Å². The Hall–Kier alpha value is -0.0800. The highest BCUT2D eigenvalue weighted by atomic mass is 16.3. The first kappa shape index (κ1) is 9.01. The maximum Gasteiger partial charge on any atom is 0.0473 e. The third-order valence-electron chi connectivity index (χ3n) is 2.83. The molecular formula is C9H19NO. The first-order valence-electron chi connectivity index (χ1n) is 4.40. The number of aliphatic hydroxyl groups excluding tert-OH is 1. The molecule has 0 aliphatic heterocycles. The fourth-order valence-electron chi connectivity index (χ4n) is 2.11. The second-order valence-corrected chi connectivity index (χ2v) is 4.51. The number of hydrogen-bond acceptors (Lipinski definition) is 2. The van der Waals surface area contributed by atoms with Gasteiger partial charge < -0.3 is 10.8 Å². The predicted molar refractivity (Wildman–Crippen MR) is 46.1 cm³/mol. The van der Waals surface area contributed by atoms with Gasteiger partial charge in [0.2, 0.25) is 0 Å². The van der Waals surface area contributed by atoms with Crippen molar-refractivity contribution in [1.82, 2.24) is 0 Å².